The molecule has 118 valence electrons. The fourth-order valence-electron chi connectivity index (χ4n) is 2.92. The Bertz CT molecular complexity index is 566. The maximum atomic E-state index is 12.7. The first-order valence-electron chi connectivity index (χ1n) is 7.42. The zero-order chi connectivity index (χ0) is 16.2. The largest absolute Gasteiger partial charge is 0.465 e. The van der Waals surface area contributed by atoms with Gasteiger partial charge in [-0.05, 0) is 31.7 Å². The SMILES string of the molecule is CCOC(=O)C1(Cc2ccccc2)CCC(OC(C)=O)C1=O. The van der Waals surface area contributed by atoms with Gasteiger partial charge in [-0.25, -0.2) is 0 Å². The van der Waals surface area contributed by atoms with Crippen LogP contribution in [0, 0.1) is 5.41 Å². The molecule has 1 aliphatic rings. The van der Waals surface area contributed by atoms with Crippen LogP contribution in [0.25, 0.3) is 0 Å². The van der Waals surface area contributed by atoms with Gasteiger partial charge in [0.2, 0.25) is 0 Å². The summed E-state index contributed by atoms with van der Waals surface area (Å²) in [4.78, 5) is 36.3. The molecule has 1 aromatic carbocycles. The minimum absolute atomic E-state index is 0.209. The lowest BCUT2D eigenvalue weighted by molar-refractivity contribution is -0.163. The number of ketones is 1. The van der Waals surface area contributed by atoms with E-state index in [2.05, 4.69) is 0 Å². The maximum absolute atomic E-state index is 12.7. The quantitative estimate of drug-likeness (QED) is 0.615. The summed E-state index contributed by atoms with van der Waals surface area (Å²) >= 11 is 0. The second kappa shape index (κ2) is 6.73. The number of hydrogen-bond acceptors (Lipinski definition) is 5. The van der Waals surface area contributed by atoms with E-state index in [-0.39, 0.29) is 18.8 Å². The van der Waals surface area contributed by atoms with Crippen molar-refractivity contribution in [2.75, 3.05) is 6.61 Å². The van der Waals surface area contributed by atoms with E-state index in [0.29, 0.717) is 12.8 Å². The fraction of sp³-hybridized carbons (Fsp3) is 0.471. The van der Waals surface area contributed by atoms with Crippen LogP contribution >= 0.6 is 0 Å². The molecule has 22 heavy (non-hydrogen) atoms. The number of ether oxygens (including phenoxy) is 2. The van der Waals surface area contributed by atoms with Gasteiger partial charge < -0.3 is 9.47 Å². The second-order valence-electron chi connectivity index (χ2n) is 5.47. The minimum Gasteiger partial charge on any atom is -0.465 e. The summed E-state index contributed by atoms with van der Waals surface area (Å²) in [6.07, 6.45) is 0.0933. The molecule has 2 unspecified atom stereocenters. The molecule has 2 atom stereocenters. The fourth-order valence-corrected chi connectivity index (χ4v) is 2.92. The van der Waals surface area contributed by atoms with Crippen LogP contribution in [0.15, 0.2) is 30.3 Å². The number of Topliss-reactive ketones (excluding diaryl/α,β-unsaturated/α-hetero) is 1. The number of hydrogen-bond donors (Lipinski definition) is 0. The van der Waals surface area contributed by atoms with Gasteiger partial charge in [-0.3, -0.25) is 14.4 Å². The van der Waals surface area contributed by atoms with Gasteiger partial charge in [-0.2, -0.15) is 0 Å². The molecule has 0 radical (unpaired) electrons. The van der Waals surface area contributed by atoms with E-state index >= 15 is 0 Å². The monoisotopic (exact) mass is 304 g/mol. The standard InChI is InChI=1S/C17H20O5/c1-3-21-16(20)17(11-13-7-5-4-6-8-13)10-9-14(15(17)19)22-12(2)18/h4-8,14H,3,9-11H2,1-2H3. The van der Waals surface area contributed by atoms with E-state index < -0.39 is 23.5 Å². The van der Waals surface area contributed by atoms with Crippen molar-refractivity contribution in [2.24, 2.45) is 5.41 Å². The third-order valence-corrected chi connectivity index (χ3v) is 3.92. The van der Waals surface area contributed by atoms with Crippen molar-refractivity contribution < 1.29 is 23.9 Å². The van der Waals surface area contributed by atoms with E-state index in [4.69, 9.17) is 9.47 Å². The van der Waals surface area contributed by atoms with E-state index in [0.717, 1.165) is 5.56 Å². The van der Waals surface area contributed by atoms with Crippen LogP contribution in [0.3, 0.4) is 0 Å². The molecule has 2 rings (SSSR count). The number of esters is 2. The molecule has 1 aliphatic carbocycles. The van der Waals surface area contributed by atoms with Crippen molar-refractivity contribution in [2.45, 2.75) is 39.2 Å². The minimum atomic E-state index is -1.25. The van der Waals surface area contributed by atoms with Crippen LogP contribution < -0.4 is 0 Å². The predicted molar refractivity (Wildman–Crippen MR) is 79.0 cm³/mol. The first-order valence-corrected chi connectivity index (χ1v) is 7.42. The van der Waals surface area contributed by atoms with Gasteiger partial charge in [0.15, 0.2) is 11.9 Å². The maximum Gasteiger partial charge on any atom is 0.320 e. The zero-order valence-corrected chi connectivity index (χ0v) is 12.8. The molecule has 1 saturated carbocycles. The molecule has 0 aromatic heterocycles. The third-order valence-electron chi connectivity index (χ3n) is 3.92. The highest BCUT2D eigenvalue weighted by molar-refractivity contribution is 6.08. The Kier molecular flexibility index (Phi) is 4.96. The highest BCUT2D eigenvalue weighted by Gasteiger charge is 2.55. The zero-order valence-electron chi connectivity index (χ0n) is 12.8. The van der Waals surface area contributed by atoms with Crippen molar-refractivity contribution in [3.8, 4) is 0 Å². The molecule has 0 heterocycles. The van der Waals surface area contributed by atoms with E-state index in [1.807, 2.05) is 30.3 Å². The highest BCUT2D eigenvalue weighted by atomic mass is 16.6. The van der Waals surface area contributed by atoms with Gasteiger partial charge in [0.25, 0.3) is 0 Å². The topological polar surface area (TPSA) is 69.7 Å². The summed E-state index contributed by atoms with van der Waals surface area (Å²) < 4.78 is 10.2. The number of carbonyl (C=O) groups excluding carboxylic acids is 3. The van der Waals surface area contributed by atoms with Crippen molar-refractivity contribution >= 4 is 17.7 Å². The molecule has 5 heteroatoms. The van der Waals surface area contributed by atoms with E-state index in [1.54, 1.807) is 6.92 Å². The van der Waals surface area contributed by atoms with Gasteiger partial charge in [0.05, 0.1) is 6.61 Å². The van der Waals surface area contributed by atoms with Crippen molar-refractivity contribution in [3.63, 3.8) is 0 Å². The van der Waals surface area contributed by atoms with Crippen molar-refractivity contribution in [1.82, 2.24) is 0 Å². The third kappa shape index (κ3) is 3.18. The van der Waals surface area contributed by atoms with Crippen molar-refractivity contribution in [3.05, 3.63) is 35.9 Å². The summed E-state index contributed by atoms with van der Waals surface area (Å²) in [6.45, 7) is 3.17. The lowest BCUT2D eigenvalue weighted by Gasteiger charge is -2.25. The van der Waals surface area contributed by atoms with E-state index in [1.165, 1.54) is 6.92 Å². The first kappa shape index (κ1) is 16.2. The lowest BCUT2D eigenvalue weighted by Crippen LogP contribution is -2.42. The van der Waals surface area contributed by atoms with Gasteiger partial charge in [0, 0.05) is 6.92 Å². The highest BCUT2D eigenvalue weighted by Crippen LogP contribution is 2.40. The predicted octanol–water partition coefficient (Wildman–Crippen LogP) is 2.07. The summed E-state index contributed by atoms with van der Waals surface area (Å²) in [5, 5.41) is 0. The average molecular weight is 304 g/mol. The van der Waals surface area contributed by atoms with Crippen molar-refractivity contribution in [1.29, 1.82) is 0 Å². The molecule has 0 spiro atoms. The molecular formula is C17H20O5. The van der Waals surface area contributed by atoms with Gasteiger partial charge >= 0.3 is 11.9 Å². The van der Waals surface area contributed by atoms with Gasteiger partial charge in [-0.15, -0.1) is 0 Å². The Morgan fingerprint density at radius 1 is 1.27 bits per heavy atom. The van der Waals surface area contributed by atoms with Crippen LogP contribution in [-0.4, -0.2) is 30.4 Å². The van der Waals surface area contributed by atoms with E-state index in [9.17, 15) is 14.4 Å². The number of benzene rings is 1. The van der Waals surface area contributed by atoms with Crippen LogP contribution in [0.1, 0.15) is 32.3 Å². The Labute approximate surface area is 129 Å². The Morgan fingerprint density at radius 3 is 2.55 bits per heavy atom. The van der Waals surface area contributed by atoms with Crippen LogP contribution in [-0.2, 0) is 30.3 Å². The lowest BCUT2D eigenvalue weighted by atomic mass is 9.79. The molecule has 1 aromatic rings. The molecular weight excluding hydrogens is 284 g/mol. The molecule has 0 amide bonds. The summed E-state index contributed by atoms with van der Waals surface area (Å²) in [7, 11) is 0. The smallest absolute Gasteiger partial charge is 0.320 e. The Morgan fingerprint density at radius 2 is 1.95 bits per heavy atom. The Balaban J connectivity index is 2.29. The van der Waals surface area contributed by atoms with Crippen LogP contribution in [0.4, 0.5) is 0 Å². The summed E-state index contributed by atoms with van der Waals surface area (Å²) in [5.74, 6) is -1.40. The molecule has 1 fully saturated rings. The summed E-state index contributed by atoms with van der Waals surface area (Å²) in [5.41, 5.74) is -0.371. The normalized spacial score (nSPS) is 24.1. The van der Waals surface area contributed by atoms with Gasteiger partial charge in [0.1, 0.15) is 5.41 Å². The summed E-state index contributed by atoms with van der Waals surface area (Å²) in [6, 6.07) is 9.33. The van der Waals surface area contributed by atoms with Crippen LogP contribution in [0.5, 0.6) is 0 Å². The average Bonchev–Trinajstić information content (AvgIpc) is 2.78. The molecule has 0 N–H and O–H groups in total. The number of rotatable bonds is 5. The molecule has 0 bridgehead atoms. The molecule has 0 aliphatic heterocycles. The van der Waals surface area contributed by atoms with Crippen LogP contribution in [0.2, 0.25) is 0 Å². The molecule has 0 saturated heterocycles. The van der Waals surface area contributed by atoms with Gasteiger partial charge in [-0.1, -0.05) is 30.3 Å². The second-order valence-corrected chi connectivity index (χ2v) is 5.47. The molecule has 5 nitrogen and oxygen atoms in total. The Hall–Kier alpha value is -2.17. The number of carbonyl (C=O) groups is 3. The first-order chi connectivity index (χ1) is 10.5.